The van der Waals surface area contributed by atoms with Crippen LogP contribution in [0.15, 0.2) is 35.0 Å². The number of nitrogens with two attached hydrogens (primary N) is 1. The molecule has 0 saturated heterocycles. The lowest BCUT2D eigenvalue weighted by atomic mass is 9.75. The summed E-state index contributed by atoms with van der Waals surface area (Å²) < 4.78 is 8.49. The minimum Gasteiger partial charge on any atom is -0.380 e. The first-order valence-electron chi connectivity index (χ1n) is 11.9. The standard InChI is InChI=1S/C26H25N7O4/c1-13-29-25(31-37-13)26(2,36)8-6-14-4-5-17-15-11-16(12-15)33-21(22(34)19-7-9-28-32(19)3)20(23(27)35)30-24(33)18(17)10-14/h4-5,7,9-10,15-16,22,34,36H,11-12H2,1-3H3,(H2,27,35)/t15?,16?,22?,26-/m1/s1. The molecule has 7 rings (SSSR count). The Morgan fingerprint density at radius 3 is 2.73 bits per heavy atom. The van der Waals surface area contributed by atoms with Gasteiger partial charge in [-0.1, -0.05) is 23.1 Å². The van der Waals surface area contributed by atoms with Gasteiger partial charge in [0.15, 0.2) is 11.3 Å². The van der Waals surface area contributed by atoms with Crippen LogP contribution >= 0.6 is 0 Å². The summed E-state index contributed by atoms with van der Waals surface area (Å²) in [6.45, 7) is 3.14. The molecule has 0 spiro atoms. The van der Waals surface area contributed by atoms with Crippen LogP contribution in [0, 0.1) is 18.8 Å². The van der Waals surface area contributed by atoms with Crippen molar-refractivity contribution in [2.45, 2.75) is 50.4 Å². The third kappa shape index (κ3) is 3.64. The Morgan fingerprint density at radius 2 is 2.08 bits per heavy atom. The highest BCUT2D eigenvalue weighted by molar-refractivity contribution is 5.93. The molecule has 0 radical (unpaired) electrons. The number of rotatable bonds is 4. The average Bonchev–Trinajstić information content (AvgIpc) is 3.53. The summed E-state index contributed by atoms with van der Waals surface area (Å²) in [5, 5.41) is 30.0. The Labute approximate surface area is 211 Å². The zero-order chi connectivity index (χ0) is 26.1. The molecule has 1 unspecified atom stereocenters. The summed E-state index contributed by atoms with van der Waals surface area (Å²) in [6, 6.07) is 7.58. The largest absolute Gasteiger partial charge is 0.380 e. The molecule has 1 fully saturated rings. The molecule has 11 heteroatoms. The van der Waals surface area contributed by atoms with Crippen molar-refractivity contribution in [2.24, 2.45) is 12.8 Å². The number of aromatic nitrogens is 6. The first kappa shape index (κ1) is 23.1. The van der Waals surface area contributed by atoms with E-state index in [4.69, 9.17) is 10.3 Å². The molecule has 1 saturated carbocycles. The lowest BCUT2D eigenvalue weighted by molar-refractivity contribution is 0.0987. The SMILES string of the molecule is Cc1nc([C@](C)(O)C#Cc2ccc3c(c2)-c2nc(C(N)=O)c(C(O)c4ccnn4C)n2C2CC3C2)no1. The van der Waals surface area contributed by atoms with Crippen LogP contribution in [0.4, 0.5) is 0 Å². The number of primary amides is 1. The lowest BCUT2D eigenvalue weighted by Gasteiger charge is -2.36. The second-order valence-corrected chi connectivity index (χ2v) is 9.77. The number of aliphatic hydroxyl groups is 2. The number of carbonyl (C=O) groups excluding carboxylic acids is 1. The number of nitrogens with zero attached hydrogens (tertiary/aromatic N) is 6. The minimum absolute atomic E-state index is 0.0342. The third-order valence-corrected chi connectivity index (χ3v) is 7.21. The van der Waals surface area contributed by atoms with Crippen LogP contribution < -0.4 is 5.73 Å². The maximum Gasteiger partial charge on any atom is 0.269 e. The summed E-state index contributed by atoms with van der Waals surface area (Å²) in [5.74, 6) is 6.43. The summed E-state index contributed by atoms with van der Waals surface area (Å²) in [6.07, 6.45) is 2.17. The van der Waals surface area contributed by atoms with E-state index in [9.17, 15) is 15.0 Å². The van der Waals surface area contributed by atoms with Crippen LogP contribution in [0.5, 0.6) is 0 Å². The monoisotopic (exact) mass is 499 g/mol. The van der Waals surface area contributed by atoms with Crippen LogP contribution in [0.1, 0.15) is 82.5 Å². The maximum atomic E-state index is 12.5. The van der Waals surface area contributed by atoms with Crippen LogP contribution in [-0.4, -0.2) is 45.6 Å². The van der Waals surface area contributed by atoms with E-state index < -0.39 is 17.6 Å². The molecule has 2 atom stereocenters. The Bertz CT molecular complexity index is 1610. The number of amides is 1. The fraction of sp³-hybridized carbons (Fsp3) is 0.346. The van der Waals surface area contributed by atoms with Crippen LogP contribution in [0.3, 0.4) is 0 Å². The van der Waals surface area contributed by atoms with Gasteiger partial charge in [-0.05, 0) is 49.4 Å². The molecular weight excluding hydrogens is 474 g/mol. The third-order valence-electron chi connectivity index (χ3n) is 7.21. The second kappa shape index (κ2) is 8.12. The predicted molar refractivity (Wildman–Crippen MR) is 130 cm³/mol. The van der Waals surface area contributed by atoms with Gasteiger partial charge in [0.05, 0.1) is 11.4 Å². The Balaban J connectivity index is 1.48. The molecule has 4 N–H and O–H groups in total. The Kier molecular flexibility index (Phi) is 5.08. The van der Waals surface area contributed by atoms with Gasteiger partial charge >= 0.3 is 0 Å². The molecule has 1 aliphatic carbocycles. The van der Waals surface area contributed by atoms with Crippen LogP contribution in [-0.2, 0) is 12.6 Å². The first-order valence-corrected chi connectivity index (χ1v) is 11.9. The minimum atomic E-state index is -1.61. The van der Waals surface area contributed by atoms with Gasteiger partial charge in [0, 0.05) is 37.3 Å². The fourth-order valence-electron chi connectivity index (χ4n) is 5.22. The zero-order valence-electron chi connectivity index (χ0n) is 20.5. The van der Waals surface area contributed by atoms with Crippen molar-refractivity contribution < 1.29 is 19.5 Å². The van der Waals surface area contributed by atoms with Crippen molar-refractivity contribution in [3.05, 3.63) is 70.4 Å². The van der Waals surface area contributed by atoms with Crippen molar-refractivity contribution in [3.8, 4) is 23.2 Å². The number of hydrogen-bond acceptors (Lipinski definition) is 8. The van der Waals surface area contributed by atoms with Gasteiger partial charge in [-0.15, -0.1) is 0 Å². The quantitative estimate of drug-likeness (QED) is 0.359. The van der Waals surface area contributed by atoms with E-state index in [2.05, 4.69) is 32.1 Å². The molecule has 4 aromatic rings. The molecule has 188 valence electrons. The summed E-state index contributed by atoms with van der Waals surface area (Å²) >= 11 is 0. The molecule has 5 heterocycles. The van der Waals surface area contributed by atoms with Gasteiger partial charge in [-0.2, -0.15) is 10.1 Å². The van der Waals surface area contributed by atoms with Gasteiger partial charge in [0.2, 0.25) is 11.7 Å². The van der Waals surface area contributed by atoms with E-state index >= 15 is 0 Å². The van der Waals surface area contributed by atoms with Gasteiger partial charge < -0.3 is 25.0 Å². The van der Waals surface area contributed by atoms with E-state index in [0.29, 0.717) is 34.6 Å². The van der Waals surface area contributed by atoms with Crippen molar-refractivity contribution in [3.63, 3.8) is 0 Å². The fourth-order valence-corrected chi connectivity index (χ4v) is 5.22. The smallest absolute Gasteiger partial charge is 0.269 e. The number of carbonyl (C=O) groups is 1. The number of aliphatic hydroxyl groups excluding tert-OH is 1. The van der Waals surface area contributed by atoms with Crippen molar-refractivity contribution >= 4 is 5.91 Å². The highest BCUT2D eigenvalue weighted by Crippen LogP contribution is 2.53. The van der Waals surface area contributed by atoms with Gasteiger partial charge in [0.25, 0.3) is 5.91 Å². The number of imidazole rings is 1. The molecule has 2 bridgehead atoms. The number of hydrogen-bond donors (Lipinski definition) is 3. The van der Waals surface area contributed by atoms with Gasteiger partial charge in [-0.3, -0.25) is 9.48 Å². The maximum absolute atomic E-state index is 12.5. The van der Waals surface area contributed by atoms with Crippen molar-refractivity contribution in [1.29, 1.82) is 0 Å². The van der Waals surface area contributed by atoms with E-state index in [1.807, 2.05) is 22.8 Å². The Morgan fingerprint density at radius 1 is 1.30 bits per heavy atom. The summed E-state index contributed by atoms with van der Waals surface area (Å²) in [7, 11) is 1.73. The summed E-state index contributed by atoms with van der Waals surface area (Å²) in [5.41, 5.74) is 7.63. The van der Waals surface area contributed by atoms with E-state index in [-0.39, 0.29) is 17.6 Å². The van der Waals surface area contributed by atoms with E-state index in [0.717, 1.165) is 24.0 Å². The van der Waals surface area contributed by atoms with E-state index in [1.54, 1.807) is 30.9 Å². The van der Waals surface area contributed by atoms with Gasteiger partial charge in [-0.25, -0.2) is 4.98 Å². The molecule has 11 nitrogen and oxygen atoms in total. The highest BCUT2D eigenvalue weighted by atomic mass is 16.5. The van der Waals surface area contributed by atoms with E-state index in [1.165, 1.54) is 6.92 Å². The highest BCUT2D eigenvalue weighted by Gasteiger charge is 2.42. The van der Waals surface area contributed by atoms with Crippen molar-refractivity contribution in [2.75, 3.05) is 0 Å². The summed E-state index contributed by atoms with van der Waals surface area (Å²) in [4.78, 5) is 21.2. The second-order valence-electron chi connectivity index (χ2n) is 9.77. The number of aryl methyl sites for hydroxylation is 2. The molecule has 3 aliphatic rings. The Hall–Kier alpha value is -4.27. The predicted octanol–water partition coefficient (Wildman–Crippen LogP) is 1.85. The first-order chi connectivity index (χ1) is 17.6. The molecule has 37 heavy (non-hydrogen) atoms. The molecule has 3 aromatic heterocycles. The molecule has 1 aromatic carbocycles. The van der Waals surface area contributed by atoms with Crippen molar-refractivity contribution in [1.82, 2.24) is 29.5 Å². The van der Waals surface area contributed by atoms with Gasteiger partial charge in [0.1, 0.15) is 11.9 Å². The molecular formula is C26H25N7O4. The molecule has 1 amide bonds. The normalized spacial score (nSPS) is 19.9. The lowest BCUT2D eigenvalue weighted by Crippen LogP contribution is -2.27. The number of benzene rings is 1. The topological polar surface area (TPSA) is 158 Å². The van der Waals surface area contributed by atoms with Crippen LogP contribution in [0.25, 0.3) is 11.4 Å². The van der Waals surface area contributed by atoms with Crippen LogP contribution in [0.2, 0.25) is 0 Å². The average molecular weight is 500 g/mol. The zero-order valence-corrected chi connectivity index (χ0v) is 20.5. The molecule has 2 aliphatic heterocycles.